The smallest absolute Gasteiger partial charge is 0.228 e. The van der Waals surface area contributed by atoms with Gasteiger partial charge in [-0.15, -0.1) is 0 Å². The summed E-state index contributed by atoms with van der Waals surface area (Å²) in [4.78, 5) is 29.2. The second-order valence-corrected chi connectivity index (χ2v) is 7.48. The summed E-state index contributed by atoms with van der Waals surface area (Å²) in [6.07, 6.45) is 1.14. The lowest BCUT2D eigenvalue weighted by atomic mass is 9.98. The maximum absolute atomic E-state index is 13.0. The SMILES string of the molecule is Cc1c(Cl)cccc1N1CC(C(=O)N2CCc3ccccc3C2)CC1=O. The lowest BCUT2D eigenvalue weighted by Crippen LogP contribution is -2.40. The van der Waals surface area contributed by atoms with Gasteiger partial charge in [-0.1, -0.05) is 41.9 Å². The molecule has 4 rings (SSSR count). The summed E-state index contributed by atoms with van der Waals surface area (Å²) in [6, 6.07) is 13.8. The molecule has 2 aromatic carbocycles. The largest absolute Gasteiger partial charge is 0.338 e. The van der Waals surface area contributed by atoms with Gasteiger partial charge in [0, 0.05) is 36.8 Å². The molecular formula is C21H21ClN2O2. The van der Waals surface area contributed by atoms with E-state index in [2.05, 4.69) is 12.1 Å². The van der Waals surface area contributed by atoms with Crippen LogP contribution in [0.25, 0.3) is 0 Å². The molecule has 2 aliphatic heterocycles. The molecule has 0 bridgehead atoms. The second-order valence-electron chi connectivity index (χ2n) is 7.07. The van der Waals surface area contributed by atoms with Gasteiger partial charge in [-0.05, 0) is 42.2 Å². The molecule has 0 saturated carbocycles. The Hall–Kier alpha value is -2.33. The molecule has 0 spiro atoms. The summed E-state index contributed by atoms with van der Waals surface area (Å²) >= 11 is 6.20. The molecule has 1 atom stereocenters. The van der Waals surface area contributed by atoms with Crippen LogP contribution in [0.5, 0.6) is 0 Å². The van der Waals surface area contributed by atoms with Crippen LogP contribution in [0.15, 0.2) is 42.5 Å². The molecule has 2 aromatic rings. The normalized spacial score (nSPS) is 19.6. The van der Waals surface area contributed by atoms with E-state index in [4.69, 9.17) is 11.6 Å². The number of halogens is 1. The zero-order valence-corrected chi connectivity index (χ0v) is 15.5. The van der Waals surface area contributed by atoms with Crippen molar-refractivity contribution in [2.24, 2.45) is 5.92 Å². The maximum atomic E-state index is 13.0. The summed E-state index contributed by atoms with van der Waals surface area (Å²) in [5, 5.41) is 0.637. The van der Waals surface area contributed by atoms with Crippen LogP contribution in [-0.2, 0) is 22.6 Å². The number of nitrogens with zero attached hydrogens (tertiary/aromatic N) is 2. The highest BCUT2D eigenvalue weighted by atomic mass is 35.5. The first-order chi connectivity index (χ1) is 12.5. The van der Waals surface area contributed by atoms with Crippen LogP contribution < -0.4 is 4.90 Å². The number of carbonyl (C=O) groups excluding carboxylic acids is 2. The van der Waals surface area contributed by atoms with Gasteiger partial charge in [0.2, 0.25) is 11.8 Å². The van der Waals surface area contributed by atoms with E-state index >= 15 is 0 Å². The van der Waals surface area contributed by atoms with E-state index < -0.39 is 0 Å². The van der Waals surface area contributed by atoms with Crippen LogP contribution in [0.2, 0.25) is 5.02 Å². The zero-order chi connectivity index (χ0) is 18.3. The van der Waals surface area contributed by atoms with Crippen LogP contribution in [0.4, 0.5) is 5.69 Å². The van der Waals surface area contributed by atoms with E-state index in [-0.39, 0.29) is 24.2 Å². The average Bonchev–Trinajstić information content (AvgIpc) is 3.04. The summed E-state index contributed by atoms with van der Waals surface area (Å²) in [7, 11) is 0. The molecular weight excluding hydrogens is 348 g/mol. The Balaban J connectivity index is 1.50. The molecule has 0 radical (unpaired) electrons. The monoisotopic (exact) mass is 368 g/mol. The fourth-order valence-electron chi connectivity index (χ4n) is 3.94. The molecule has 2 heterocycles. The van der Waals surface area contributed by atoms with E-state index in [1.165, 1.54) is 11.1 Å². The van der Waals surface area contributed by atoms with E-state index in [9.17, 15) is 9.59 Å². The van der Waals surface area contributed by atoms with Crippen molar-refractivity contribution in [3.63, 3.8) is 0 Å². The van der Waals surface area contributed by atoms with Crippen LogP contribution in [0, 0.1) is 12.8 Å². The third-order valence-electron chi connectivity index (χ3n) is 5.45. The molecule has 26 heavy (non-hydrogen) atoms. The molecule has 2 amide bonds. The number of fused-ring (bicyclic) bond motifs is 1. The third-order valence-corrected chi connectivity index (χ3v) is 5.86. The minimum atomic E-state index is -0.286. The molecule has 5 heteroatoms. The number of amides is 2. The van der Waals surface area contributed by atoms with Crippen molar-refractivity contribution in [3.8, 4) is 0 Å². The zero-order valence-electron chi connectivity index (χ0n) is 14.7. The van der Waals surface area contributed by atoms with Crippen molar-refractivity contribution in [1.29, 1.82) is 0 Å². The number of hydrogen-bond donors (Lipinski definition) is 0. The lowest BCUT2D eigenvalue weighted by Gasteiger charge is -2.30. The van der Waals surface area contributed by atoms with Crippen molar-refractivity contribution >= 4 is 29.1 Å². The fraction of sp³-hybridized carbons (Fsp3) is 0.333. The number of hydrogen-bond acceptors (Lipinski definition) is 2. The summed E-state index contributed by atoms with van der Waals surface area (Å²) in [5.41, 5.74) is 4.21. The molecule has 1 saturated heterocycles. The Morgan fingerprint density at radius 1 is 1.12 bits per heavy atom. The van der Waals surface area contributed by atoms with Gasteiger partial charge in [0.15, 0.2) is 0 Å². The highest BCUT2D eigenvalue weighted by molar-refractivity contribution is 6.31. The fourth-order valence-corrected chi connectivity index (χ4v) is 4.11. The van der Waals surface area contributed by atoms with E-state index in [1.54, 1.807) is 4.90 Å². The van der Waals surface area contributed by atoms with Crippen molar-refractivity contribution < 1.29 is 9.59 Å². The first-order valence-corrected chi connectivity index (χ1v) is 9.33. The van der Waals surface area contributed by atoms with E-state index in [1.807, 2.05) is 42.2 Å². The summed E-state index contributed by atoms with van der Waals surface area (Å²) in [6.45, 7) is 3.69. The third kappa shape index (κ3) is 2.99. The van der Waals surface area contributed by atoms with Crippen LogP contribution in [-0.4, -0.2) is 29.8 Å². The van der Waals surface area contributed by atoms with Crippen molar-refractivity contribution in [2.75, 3.05) is 18.0 Å². The molecule has 1 unspecified atom stereocenters. The minimum absolute atomic E-state index is 0.00822. The van der Waals surface area contributed by atoms with Crippen molar-refractivity contribution in [2.45, 2.75) is 26.3 Å². The predicted molar refractivity (Wildman–Crippen MR) is 102 cm³/mol. The Labute approximate surface area is 158 Å². The highest BCUT2D eigenvalue weighted by Crippen LogP contribution is 2.32. The Bertz CT molecular complexity index is 880. The van der Waals surface area contributed by atoms with Gasteiger partial charge < -0.3 is 9.80 Å². The summed E-state index contributed by atoms with van der Waals surface area (Å²) < 4.78 is 0. The van der Waals surface area contributed by atoms with Gasteiger partial charge in [0.05, 0.1) is 5.92 Å². The molecule has 0 aromatic heterocycles. The quantitative estimate of drug-likeness (QED) is 0.812. The summed E-state index contributed by atoms with van der Waals surface area (Å²) in [5.74, 6) is -0.215. The number of carbonyl (C=O) groups is 2. The van der Waals surface area contributed by atoms with Crippen LogP contribution in [0.3, 0.4) is 0 Å². The van der Waals surface area contributed by atoms with Gasteiger partial charge in [0.25, 0.3) is 0 Å². The van der Waals surface area contributed by atoms with Crippen LogP contribution in [0.1, 0.15) is 23.1 Å². The standard InChI is InChI=1S/C21H21ClN2O2/c1-14-18(22)7-4-8-19(14)24-13-17(11-20(24)25)21(26)23-10-9-15-5-2-3-6-16(15)12-23/h2-8,17H,9-13H2,1H3. The first kappa shape index (κ1) is 17.1. The molecule has 0 aliphatic carbocycles. The van der Waals surface area contributed by atoms with Gasteiger partial charge in [0.1, 0.15) is 0 Å². The Morgan fingerprint density at radius 3 is 2.69 bits per heavy atom. The number of rotatable bonds is 2. The lowest BCUT2D eigenvalue weighted by molar-refractivity contribution is -0.136. The van der Waals surface area contributed by atoms with E-state index in [0.717, 1.165) is 24.2 Å². The van der Waals surface area contributed by atoms with Crippen molar-refractivity contribution in [3.05, 3.63) is 64.2 Å². The minimum Gasteiger partial charge on any atom is -0.338 e. The average molecular weight is 369 g/mol. The van der Waals surface area contributed by atoms with Gasteiger partial charge in [-0.3, -0.25) is 9.59 Å². The number of anilines is 1. The van der Waals surface area contributed by atoms with Crippen molar-refractivity contribution in [1.82, 2.24) is 4.90 Å². The van der Waals surface area contributed by atoms with Gasteiger partial charge >= 0.3 is 0 Å². The molecule has 0 N–H and O–H groups in total. The number of benzene rings is 2. The molecule has 4 nitrogen and oxygen atoms in total. The maximum Gasteiger partial charge on any atom is 0.228 e. The molecule has 2 aliphatic rings. The van der Waals surface area contributed by atoms with Gasteiger partial charge in [-0.25, -0.2) is 0 Å². The van der Waals surface area contributed by atoms with Crippen LogP contribution >= 0.6 is 11.6 Å². The molecule has 134 valence electrons. The van der Waals surface area contributed by atoms with Gasteiger partial charge in [-0.2, -0.15) is 0 Å². The first-order valence-electron chi connectivity index (χ1n) is 8.95. The Kier molecular flexibility index (Phi) is 4.45. The molecule has 1 fully saturated rings. The topological polar surface area (TPSA) is 40.6 Å². The predicted octanol–water partition coefficient (Wildman–Crippen LogP) is 3.59. The Morgan fingerprint density at radius 2 is 1.88 bits per heavy atom. The highest BCUT2D eigenvalue weighted by Gasteiger charge is 2.38. The second kappa shape index (κ2) is 6.76. The van der Waals surface area contributed by atoms with E-state index in [0.29, 0.717) is 18.1 Å².